The summed E-state index contributed by atoms with van der Waals surface area (Å²) in [4.78, 5) is 30.4. The summed E-state index contributed by atoms with van der Waals surface area (Å²) < 4.78 is 6.25. The van der Waals surface area contributed by atoms with Crippen LogP contribution in [0, 0.1) is 13.8 Å². The van der Waals surface area contributed by atoms with E-state index in [9.17, 15) is 9.59 Å². The molecule has 7 nitrogen and oxygen atoms in total. The Labute approximate surface area is 115 Å². The number of fused-ring (bicyclic) bond motifs is 1. The number of carboxylic acids is 1. The number of aromatic nitrogens is 3. The lowest BCUT2D eigenvalue weighted by atomic mass is 10.1. The van der Waals surface area contributed by atoms with Crippen molar-refractivity contribution in [1.29, 1.82) is 0 Å². The Morgan fingerprint density at radius 2 is 2.05 bits per heavy atom. The second kappa shape index (κ2) is 5.28. The number of esters is 1. The lowest BCUT2D eigenvalue weighted by Gasteiger charge is -2.10. The summed E-state index contributed by atoms with van der Waals surface area (Å²) in [6.07, 6.45) is 2.18. The highest BCUT2D eigenvalue weighted by molar-refractivity contribution is 5.85. The van der Waals surface area contributed by atoms with E-state index in [1.54, 1.807) is 4.40 Å². The monoisotopic (exact) mass is 277 g/mol. The number of rotatable bonds is 4. The number of carbonyl (C=O) groups is 2. The van der Waals surface area contributed by atoms with E-state index in [1.807, 2.05) is 13.8 Å². The van der Waals surface area contributed by atoms with E-state index in [0.29, 0.717) is 12.2 Å². The Balaban J connectivity index is 2.45. The van der Waals surface area contributed by atoms with Crippen LogP contribution >= 0.6 is 0 Å². The molecule has 0 aromatic carbocycles. The van der Waals surface area contributed by atoms with Crippen LogP contribution in [-0.2, 0) is 16.0 Å². The number of carbonyl (C=O) groups excluding carboxylic acids is 1. The van der Waals surface area contributed by atoms with Gasteiger partial charge in [-0.05, 0) is 25.8 Å². The lowest BCUT2D eigenvalue weighted by molar-refractivity contribution is -0.140. The quantitative estimate of drug-likeness (QED) is 0.842. The first kappa shape index (κ1) is 14.0. The van der Waals surface area contributed by atoms with Crippen LogP contribution in [0.2, 0.25) is 0 Å². The third-order valence-electron chi connectivity index (χ3n) is 3.22. The van der Waals surface area contributed by atoms with Crippen molar-refractivity contribution in [2.75, 3.05) is 7.11 Å². The molecule has 0 atom stereocenters. The van der Waals surface area contributed by atoms with Crippen LogP contribution < -0.4 is 0 Å². The third-order valence-corrected chi connectivity index (χ3v) is 3.22. The van der Waals surface area contributed by atoms with E-state index in [1.165, 1.54) is 13.3 Å². The van der Waals surface area contributed by atoms with Crippen LogP contribution in [0.5, 0.6) is 0 Å². The average molecular weight is 277 g/mol. The number of aromatic carboxylic acids is 1. The van der Waals surface area contributed by atoms with Gasteiger partial charge in [0, 0.05) is 24.0 Å². The highest BCUT2D eigenvalue weighted by atomic mass is 16.5. The molecule has 2 aromatic rings. The van der Waals surface area contributed by atoms with Gasteiger partial charge in [0.25, 0.3) is 0 Å². The van der Waals surface area contributed by atoms with E-state index in [-0.39, 0.29) is 18.1 Å². The van der Waals surface area contributed by atoms with Gasteiger partial charge < -0.3 is 9.84 Å². The molecule has 0 saturated carbocycles. The summed E-state index contributed by atoms with van der Waals surface area (Å²) in [7, 11) is 1.35. The number of hydrogen-bond donors (Lipinski definition) is 1. The Morgan fingerprint density at radius 1 is 1.35 bits per heavy atom. The molecule has 0 bridgehead atoms. The van der Waals surface area contributed by atoms with Gasteiger partial charge in [0.15, 0.2) is 5.69 Å². The number of methoxy groups -OCH3 is 1. The van der Waals surface area contributed by atoms with Crippen molar-refractivity contribution in [2.45, 2.75) is 26.7 Å². The van der Waals surface area contributed by atoms with Crippen molar-refractivity contribution in [3.8, 4) is 0 Å². The smallest absolute Gasteiger partial charge is 0.356 e. The van der Waals surface area contributed by atoms with Crippen LogP contribution in [0.1, 0.15) is 33.9 Å². The standard InChI is InChI=1S/C13H15N3O4/c1-7-9(4-5-11(17)20-3)8(2)16-6-10(12(18)19)15-13(16)14-7/h6H,4-5H2,1-3H3,(H,18,19). The predicted octanol–water partition coefficient (Wildman–Crippen LogP) is 1.15. The SMILES string of the molecule is COC(=O)CCc1c(C)nc2nc(C(=O)O)cn2c1C. The van der Waals surface area contributed by atoms with Crippen molar-refractivity contribution >= 4 is 17.7 Å². The molecule has 2 aromatic heterocycles. The Kier molecular flexibility index (Phi) is 3.69. The van der Waals surface area contributed by atoms with Gasteiger partial charge in [0.2, 0.25) is 5.78 Å². The zero-order chi connectivity index (χ0) is 14.9. The molecule has 7 heteroatoms. The minimum absolute atomic E-state index is 0.0508. The van der Waals surface area contributed by atoms with Crippen LogP contribution in [0.4, 0.5) is 0 Å². The molecular formula is C13H15N3O4. The maximum atomic E-state index is 11.2. The fourth-order valence-electron chi connectivity index (χ4n) is 2.11. The minimum Gasteiger partial charge on any atom is -0.476 e. The first-order valence-electron chi connectivity index (χ1n) is 6.09. The average Bonchev–Trinajstić information content (AvgIpc) is 2.82. The van der Waals surface area contributed by atoms with Crippen LogP contribution in [-0.4, -0.2) is 38.5 Å². The van der Waals surface area contributed by atoms with Gasteiger partial charge in [-0.15, -0.1) is 0 Å². The molecule has 0 unspecified atom stereocenters. The Morgan fingerprint density at radius 3 is 2.65 bits per heavy atom. The Hall–Kier alpha value is -2.44. The molecule has 1 N–H and O–H groups in total. The van der Waals surface area contributed by atoms with Gasteiger partial charge in [-0.2, -0.15) is 0 Å². The van der Waals surface area contributed by atoms with Crippen molar-refractivity contribution in [1.82, 2.24) is 14.4 Å². The van der Waals surface area contributed by atoms with Gasteiger partial charge in [-0.25, -0.2) is 14.8 Å². The molecule has 0 radical (unpaired) electrons. The topological polar surface area (TPSA) is 93.8 Å². The van der Waals surface area contributed by atoms with Crippen molar-refractivity contribution < 1.29 is 19.4 Å². The van der Waals surface area contributed by atoms with Gasteiger partial charge in [0.1, 0.15) is 0 Å². The number of hydrogen-bond acceptors (Lipinski definition) is 5. The number of carboxylic acid groups (broad SMARTS) is 1. The molecule has 2 heterocycles. The van der Waals surface area contributed by atoms with Crippen LogP contribution in [0.3, 0.4) is 0 Å². The molecule has 2 rings (SSSR count). The summed E-state index contributed by atoms with van der Waals surface area (Å²) in [6.45, 7) is 3.66. The lowest BCUT2D eigenvalue weighted by Crippen LogP contribution is -2.08. The molecule has 0 aliphatic carbocycles. The first-order valence-corrected chi connectivity index (χ1v) is 6.09. The molecule has 0 fully saturated rings. The zero-order valence-corrected chi connectivity index (χ0v) is 11.5. The maximum Gasteiger partial charge on any atom is 0.356 e. The molecule has 106 valence electrons. The number of imidazole rings is 1. The van der Waals surface area contributed by atoms with E-state index >= 15 is 0 Å². The first-order chi connectivity index (χ1) is 9.43. The fourth-order valence-corrected chi connectivity index (χ4v) is 2.11. The van der Waals surface area contributed by atoms with Crippen molar-refractivity contribution in [3.05, 3.63) is 28.8 Å². The molecule has 20 heavy (non-hydrogen) atoms. The summed E-state index contributed by atoms with van der Waals surface area (Å²) in [5.41, 5.74) is 2.42. The number of nitrogens with zero attached hydrogens (tertiary/aromatic N) is 3. The normalized spacial score (nSPS) is 10.8. The second-order valence-electron chi connectivity index (χ2n) is 4.44. The Bertz CT molecular complexity index is 690. The minimum atomic E-state index is -1.09. The molecular weight excluding hydrogens is 262 g/mol. The molecule has 0 aliphatic rings. The molecule has 0 aliphatic heterocycles. The van der Waals surface area contributed by atoms with Gasteiger partial charge >= 0.3 is 11.9 Å². The summed E-state index contributed by atoms with van der Waals surface area (Å²) in [5, 5.41) is 8.96. The van der Waals surface area contributed by atoms with Crippen molar-refractivity contribution in [3.63, 3.8) is 0 Å². The van der Waals surface area contributed by atoms with Crippen molar-refractivity contribution in [2.24, 2.45) is 0 Å². The third kappa shape index (κ3) is 2.47. The van der Waals surface area contributed by atoms with Crippen LogP contribution in [0.25, 0.3) is 5.78 Å². The van der Waals surface area contributed by atoms with Gasteiger partial charge in [0.05, 0.1) is 7.11 Å². The number of ether oxygens (including phenoxy) is 1. The van der Waals surface area contributed by atoms with E-state index < -0.39 is 5.97 Å². The second-order valence-corrected chi connectivity index (χ2v) is 4.44. The molecule has 0 spiro atoms. The van der Waals surface area contributed by atoms with E-state index in [2.05, 4.69) is 14.7 Å². The fraction of sp³-hybridized carbons (Fsp3) is 0.385. The van der Waals surface area contributed by atoms with E-state index in [0.717, 1.165) is 17.0 Å². The predicted molar refractivity (Wildman–Crippen MR) is 69.8 cm³/mol. The summed E-state index contributed by atoms with van der Waals surface area (Å²) >= 11 is 0. The highest BCUT2D eigenvalue weighted by Gasteiger charge is 2.15. The largest absolute Gasteiger partial charge is 0.476 e. The highest BCUT2D eigenvalue weighted by Crippen LogP contribution is 2.17. The zero-order valence-electron chi connectivity index (χ0n) is 11.5. The van der Waals surface area contributed by atoms with E-state index in [4.69, 9.17) is 5.11 Å². The number of aryl methyl sites for hydroxylation is 2. The molecule has 0 amide bonds. The maximum absolute atomic E-state index is 11.2. The van der Waals surface area contributed by atoms with Gasteiger partial charge in [-0.3, -0.25) is 9.20 Å². The summed E-state index contributed by atoms with van der Waals surface area (Å²) in [5.74, 6) is -1.04. The van der Waals surface area contributed by atoms with Crippen LogP contribution in [0.15, 0.2) is 6.20 Å². The molecule has 0 saturated heterocycles. The summed E-state index contributed by atoms with van der Waals surface area (Å²) in [6, 6.07) is 0. The van der Waals surface area contributed by atoms with Gasteiger partial charge in [-0.1, -0.05) is 0 Å².